The summed E-state index contributed by atoms with van der Waals surface area (Å²) in [5.74, 6) is 0.820. The van der Waals surface area contributed by atoms with Crippen molar-refractivity contribution in [2.45, 2.75) is 38.1 Å². The Bertz CT molecular complexity index is 267. The van der Waals surface area contributed by atoms with E-state index in [1.807, 2.05) is 4.90 Å². The van der Waals surface area contributed by atoms with E-state index in [1.165, 1.54) is 19.3 Å². The highest BCUT2D eigenvalue weighted by molar-refractivity contribution is 7.80. The maximum atomic E-state index is 11.7. The molecule has 1 saturated carbocycles. The van der Waals surface area contributed by atoms with E-state index in [0.717, 1.165) is 6.42 Å². The molecular formula is C10H16N2OS. The molecule has 0 bridgehead atoms. The molecule has 0 radical (unpaired) electrons. The minimum absolute atomic E-state index is 0.245. The molecule has 0 aromatic rings. The summed E-state index contributed by atoms with van der Waals surface area (Å²) in [5.41, 5.74) is 5.49. The van der Waals surface area contributed by atoms with Crippen molar-refractivity contribution in [3.63, 3.8) is 0 Å². The zero-order valence-electron chi connectivity index (χ0n) is 8.24. The lowest BCUT2D eigenvalue weighted by atomic mass is 9.85. The van der Waals surface area contributed by atoms with Gasteiger partial charge >= 0.3 is 0 Å². The fraction of sp³-hybridized carbons (Fsp3) is 0.800. The van der Waals surface area contributed by atoms with Crippen LogP contribution < -0.4 is 5.73 Å². The number of likely N-dealkylation sites (tertiary alicyclic amines) is 1. The number of rotatable bonds is 2. The number of amides is 1. The number of fused-ring (bicyclic) bond motifs is 1. The van der Waals surface area contributed by atoms with Crippen molar-refractivity contribution in [1.82, 2.24) is 4.90 Å². The van der Waals surface area contributed by atoms with Crippen molar-refractivity contribution < 1.29 is 4.79 Å². The fourth-order valence-electron chi connectivity index (χ4n) is 2.74. The summed E-state index contributed by atoms with van der Waals surface area (Å²) in [6, 6.07) is 0.428. The summed E-state index contributed by atoms with van der Waals surface area (Å²) in [6.07, 6.45) is 5.56. The van der Waals surface area contributed by atoms with Crippen molar-refractivity contribution in [2.75, 3.05) is 6.54 Å². The maximum absolute atomic E-state index is 11.7. The number of hydrogen-bond donors (Lipinski definition) is 1. The fourth-order valence-corrected chi connectivity index (χ4v) is 2.88. The van der Waals surface area contributed by atoms with E-state index >= 15 is 0 Å². The summed E-state index contributed by atoms with van der Waals surface area (Å²) in [4.78, 5) is 14.0. The monoisotopic (exact) mass is 212 g/mol. The first-order valence-corrected chi connectivity index (χ1v) is 5.67. The van der Waals surface area contributed by atoms with E-state index in [0.29, 0.717) is 29.9 Å². The molecule has 1 aliphatic carbocycles. The lowest BCUT2D eigenvalue weighted by molar-refractivity contribution is -0.128. The third-order valence-corrected chi connectivity index (χ3v) is 3.48. The van der Waals surface area contributed by atoms with Crippen LogP contribution >= 0.6 is 12.2 Å². The molecule has 2 unspecified atom stereocenters. The second-order valence-electron chi connectivity index (χ2n) is 4.30. The minimum atomic E-state index is 0.245. The zero-order valence-corrected chi connectivity index (χ0v) is 9.05. The van der Waals surface area contributed by atoms with E-state index < -0.39 is 0 Å². The number of carbonyl (C=O) groups excluding carboxylic acids is 1. The average molecular weight is 212 g/mol. The van der Waals surface area contributed by atoms with Gasteiger partial charge in [0.05, 0.1) is 11.5 Å². The van der Waals surface area contributed by atoms with Crippen LogP contribution in [0.1, 0.15) is 32.1 Å². The van der Waals surface area contributed by atoms with Crippen molar-refractivity contribution in [3.8, 4) is 0 Å². The number of nitrogens with two attached hydrogens (primary N) is 1. The molecule has 2 atom stereocenters. The van der Waals surface area contributed by atoms with Gasteiger partial charge in [0.2, 0.25) is 5.91 Å². The van der Waals surface area contributed by atoms with Crippen LogP contribution in [0, 0.1) is 5.92 Å². The van der Waals surface area contributed by atoms with Gasteiger partial charge in [-0.1, -0.05) is 25.1 Å². The summed E-state index contributed by atoms with van der Waals surface area (Å²) >= 11 is 4.86. The Morgan fingerprint density at radius 1 is 1.50 bits per heavy atom. The predicted octanol–water partition coefficient (Wildman–Crippen LogP) is 1.06. The molecule has 2 aliphatic rings. The Hall–Kier alpha value is -0.640. The first-order chi connectivity index (χ1) is 6.68. The van der Waals surface area contributed by atoms with Crippen LogP contribution in [0.15, 0.2) is 0 Å². The van der Waals surface area contributed by atoms with E-state index in [9.17, 15) is 4.79 Å². The number of hydrogen-bond acceptors (Lipinski definition) is 2. The van der Waals surface area contributed by atoms with Crippen LogP contribution in [0.5, 0.6) is 0 Å². The highest BCUT2D eigenvalue weighted by Crippen LogP contribution is 2.36. The largest absolute Gasteiger partial charge is 0.392 e. The molecule has 0 aromatic carbocycles. The lowest BCUT2D eigenvalue weighted by Crippen LogP contribution is -2.41. The van der Waals surface area contributed by atoms with E-state index in [1.54, 1.807) is 0 Å². The molecule has 1 saturated heterocycles. The zero-order chi connectivity index (χ0) is 10.1. The Labute approximate surface area is 89.6 Å². The smallest absolute Gasteiger partial charge is 0.223 e. The first kappa shape index (κ1) is 9.90. The van der Waals surface area contributed by atoms with Gasteiger partial charge in [-0.2, -0.15) is 0 Å². The van der Waals surface area contributed by atoms with Gasteiger partial charge in [-0.3, -0.25) is 4.79 Å². The molecule has 1 amide bonds. The molecule has 3 nitrogen and oxygen atoms in total. The van der Waals surface area contributed by atoms with Gasteiger partial charge in [0.25, 0.3) is 0 Å². The maximum Gasteiger partial charge on any atom is 0.223 e. The second-order valence-corrected chi connectivity index (χ2v) is 4.83. The van der Waals surface area contributed by atoms with Crippen molar-refractivity contribution in [1.29, 1.82) is 0 Å². The molecule has 1 heterocycles. The molecule has 0 aromatic heterocycles. The van der Waals surface area contributed by atoms with Gasteiger partial charge in [0.1, 0.15) is 0 Å². The highest BCUT2D eigenvalue weighted by Gasteiger charge is 2.40. The van der Waals surface area contributed by atoms with Gasteiger partial charge in [-0.25, -0.2) is 0 Å². The van der Waals surface area contributed by atoms with E-state index in [-0.39, 0.29) is 5.91 Å². The van der Waals surface area contributed by atoms with Gasteiger partial charge in [0.15, 0.2) is 0 Å². The SMILES string of the molecule is NC(=S)CN1C(=O)CC2CCCCC21. The molecule has 2 fully saturated rings. The van der Waals surface area contributed by atoms with Crippen LogP contribution in [0.2, 0.25) is 0 Å². The van der Waals surface area contributed by atoms with Crippen molar-refractivity contribution >= 4 is 23.1 Å². The molecule has 78 valence electrons. The van der Waals surface area contributed by atoms with Crippen LogP contribution in [-0.4, -0.2) is 28.4 Å². The molecule has 0 spiro atoms. The lowest BCUT2D eigenvalue weighted by Gasteiger charge is -2.31. The number of carbonyl (C=O) groups is 1. The normalized spacial score (nSPS) is 31.7. The van der Waals surface area contributed by atoms with Crippen molar-refractivity contribution in [2.24, 2.45) is 11.7 Å². The summed E-state index contributed by atoms with van der Waals surface area (Å²) < 4.78 is 0. The standard InChI is InChI=1S/C10H16N2OS/c11-9(14)6-12-8-4-2-1-3-7(8)5-10(12)13/h7-8H,1-6H2,(H2,11,14). The van der Waals surface area contributed by atoms with Crippen LogP contribution in [0.4, 0.5) is 0 Å². The Kier molecular flexibility index (Phi) is 2.72. The topological polar surface area (TPSA) is 46.3 Å². The van der Waals surface area contributed by atoms with Gasteiger partial charge in [-0.15, -0.1) is 0 Å². The average Bonchev–Trinajstić information content (AvgIpc) is 2.43. The molecule has 4 heteroatoms. The molecule has 2 N–H and O–H groups in total. The Morgan fingerprint density at radius 3 is 2.93 bits per heavy atom. The highest BCUT2D eigenvalue weighted by atomic mass is 32.1. The predicted molar refractivity (Wildman–Crippen MR) is 58.9 cm³/mol. The molecule has 1 aliphatic heterocycles. The van der Waals surface area contributed by atoms with Gasteiger partial charge < -0.3 is 10.6 Å². The minimum Gasteiger partial charge on any atom is -0.392 e. The number of thiocarbonyl (C=S) groups is 1. The van der Waals surface area contributed by atoms with Crippen LogP contribution in [0.3, 0.4) is 0 Å². The summed E-state index contributed by atoms with van der Waals surface area (Å²) in [7, 11) is 0. The Balaban J connectivity index is 2.07. The van der Waals surface area contributed by atoms with Gasteiger partial charge in [-0.05, 0) is 18.8 Å². The van der Waals surface area contributed by atoms with E-state index in [2.05, 4.69) is 0 Å². The second kappa shape index (κ2) is 3.85. The Morgan fingerprint density at radius 2 is 2.21 bits per heavy atom. The molecular weight excluding hydrogens is 196 g/mol. The summed E-state index contributed by atoms with van der Waals surface area (Å²) in [6.45, 7) is 0.481. The van der Waals surface area contributed by atoms with Crippen LogP contribution in [0.25, 0.3) is 0 Å². The third-order valence-electron chi connectivity index (χ3n) is 3.35. The quantitative estimate of drug-likeness (QED) is 0.696. The first-order valence-electron chi connectivity index (χ1n) is 5.26. The van der Waals surface area contributed by atoms with Crippen molar-refractivity contribution in [3.05, 3.63) is 0 Å². The summed E-state index contributed by atoms with van der Waals surface area (Å²) in [5, 5.41) is 0. The molecule has 14 heavy (non-hydrogen) atoms. The molecule has 2 rings (SSSR count). The number of nitrogens with zero attached hydrogens (tertiary/aromatic N) is 1. The third kappa shape index (κ3) is 1.75. The van der Waals surface area contributed by atoms with E-state index in [4.69, 9.17) is 18.0 Å². The van der Waals surface area contributed by atoms with Crippen LogP contribution in [-0.2, 0) is 4.79 Å². The van der Waals surface area contributed by atoms with Gasteiger partial charge in [0, 0.05) is 12.5 Å².